The van der Waals surface area contributed by atoms with Crippen LogP contribution in [-0.2, 0) is 6.42 Å². The largest absolute Gasteiger partial charge is 0.394 e. The van der Waals surface area contributed by atoms with Crippen molar-refractivity contribution in [2.24, 2.45) is 0 Å². The van der Waals surface area contributed by atoms with Gasteiger partial charge in [0.1, 0.15) is 0 Å². The number of aliphatic hydroxyl groups is 3. The maximum atomic E-state index is 9.56. The minimum Gasteiger partial charge on any atom is -0.394 e. The molecule has 4 N–H and O–H groups in total. The average molecular weight is 301 g/mol. The molecule has 0 amide bonds. The summed E-state index contributed by atoms with van der Waals surface area (Å²) in [6, 6.07) is 19.7. The minimum absolute atomic E-state index is 0.116. The average Bonchev–Trinajstić information content (AvgIpc) is 2.60. The fourth-order valence-corrected chi connectivity index (χ4v) is 2.44. The van der Waals surface area contributed by atoms with E-state index in [-0.39, 0.29) is 25.9 Å². The van der Waals surface area contributed by atoms with Gasteiger partial charge in [0.25, 0.3) is 0 Å². The number of benzene rings is 2. The lowest BCUT2D eigenvalue weighted by atomic mass is 9.94. The summed E-state index contributed by atoms with van der Waals surface area (Å²) in [5.74, 6) is 0. The molecular weight excluding hydrogens is 278 g/mol. The molecule has 1 atom stereocenters. The van der Waals surface area contributed by atoms with Crippen LogP contribution in [0.3, 0.4) is 0 Å². The molecule has 0 aliphatic carbocycles. The van der Waals surface area contributed by atoms with Crippen LogP contribution in [0.5, 0.6) is 0 Å². The Kier molecular flexibility index (Phi) is 6.10. The van der Waals surface area contributed by atoms with Crippen LogP contribution in [0.2, 0.25) is 0 Å². The van der Waals surface area contributed by atoms with Gasteiger partial charge >= 0.3 is 0 Å². The van der Waals surface area contributed by atoms with E-state index >= 15 is 0 Å². The molecule has 0 spiro atoms. The van der Waals surface area contributed by atoms with Crippen molar-refractivity contribution >= 4 is 0 Å². The highest BCUT2D eigenvalue weighted by molar-refractivity contribution is 5.24. The summed E-state index contributed by atoms with van der Waals surface area (Å²) in [6.45, 7) is -1.01. The minimum atomic E-state index is -1.10. The number of hydrogen-bond acceptors (Lipinski definition) is 4. The zero-order valence-corrected chi connectivity index (χ0v) is 12.5. The SMILES string of the molecule is OCC(CO)(CO)N[C@H](Cc1ccccc1)c1ccccc1. The van der Waals surface area contributed by atoms with Crippen molar-refractivity contribution in [1.29, 1.82) is 0 Å². The number of rotatable bonds is 8. The summed E-state index contributed by atoms with van der Waals surface area (Å²) >= 11 is 0. The standard InChI is InChI=1S/C18H23NO3/c20-12-18(13-21,14-22)19-17(16-9-5-2-6-10-16)11-15-7-3-1-4-8-15/h1-10,17,19-22H,11-14H2/t17-/m1/s1. The van der Waals surface area contributed by atoms with Gasteiger partial charge in [0.05, 0.1) is 25.4 Å². The molecule has 2 rings (SSSR count). The molecular formula is C18H23NO3. The van der Waals surface area contributed by atoms with Crippen molar-refractivity contribution < 1.29 is 15.3 Å². The Morgan fingerprint density at radius 1 is 0.773 bits per heavy atom. The van der Waals surface area contributed by atoms with Crippen molar-refractivity contribution in [3.8, 4) is 0 Å². The molecule has 0 fully saturated rings. The summed E-state index contributed by atoms with van der Waals surface area (Å²) in [7, 11) is 0. The maximum absolute atomic E-state index is 9.56. The van der Waals surface area contributed by atoms with Gasteiger partial charge in [0.2, 0.25) is 0 Å². The van der Waals surface area contributed by atoms with E-state index < -0.39 is 5.54 Å². The van der Waals surface area contributed by atoms with Crippen molar-refractivity contribution in [2.45, 2.75) is 18.0 Å². The molecule has 0 saturated carbocycles. The third-order valence-corrected chi connectivity index (χ3v) is 3.87. The zero-order valence-electron chi connectivity index (χ0n) is 12.5. The second-order valence-electron chi connectivity index (χ2n) is 5.55. The van der Waals surface area contributed by atoms with Gasteiger partial charge in [-0.1, -0.05) is 60.7 Å². The Bertz CT molecular complexity index is 533. The molecule has 4 heteroatoms. The van der Waals surface area contributed by atoms with Crippen molar-refractivity contribution in [2.75, 3.05) is 19.8 Å². The number of nitrogens with one attached hydrogen (secondary N) is 1. The smallest absolute Gasteiger partial charge is 0.0886 e. The molecule has 0 bridgehead atoms. The lowest BCUT2D eigenvalue weighted by Crippen LogP contribution is -2.56. The van der Waals surface area contributed by atoms with Gasteiger partial charge in [-0.2, -0.15) is 0 Å². The number of hydrogen-bond donors (Lipinski definition) is 4. The molecule has 0 aliphatic rings. The zero-order chi connectivity index (χ0) is 15.8. The van der Waals surface area contributed by atoms with E-state index in [9.17, 15) is 15.3 Å². The molecule has 2 aromatic carbocycles. The highest BCUT2D eigenvalue weighted by Gasteiger charge is 2.31. The summed E-state index contributed by atoms with van der Waals surface area (Å²) in [5.41, 5.74) is 1.09. The summed E-state index contributed by atoms with van der Waals surface area (Å²) < 4.78 is 0. The quantitative estimate of drug-likeness (QED) is 0.593. The first-order chi connectivity index (χ1) is 10.7. The van der Waals surface area contributed by atoms with Gasteiger partial charge < -0.3 is 15.3 Å². The fourth-order valence-electron chi connectivity index (χ4n) is 2.44. The van der Waals surface area contributed by atoms with Crippen LogP contribution in [0.15, 0.2) is 60.7 Å². The van der Waals surface area contributed by atoms with E-state index in [1.54, 1.807) is 0 Å². The molecule has 2 aromatic rings. The second kappa shape index (κ2) is 8.06. The van der Waals surface area contributed by atoms with Gasteiger partial charge in [0.15, 0.2) is 0 Å². The van der Waals surface area contributed by atoms with Gasteiger partial charge in [-0.25, -0.2) is 0 Å². The van der Waals surface area contributed by atoms with E-state index in [1.807, 2.05) is 60.7 Å². The normalized spacial score (nSPS) is 13.0. The molecule has 4 nitrogen and oxygen atoms in total. The Hall–Kier alpha value is -1.72. The van der Waals surface area contributed by atoms with E-state index in [1.165, 1.54) is 0 Å². The molecule has 0 aliphatic heterocycles. The highest BCUT2D eigenvalue weighted by atomic mass is 16.3. The second-order valence-corrected chi connectivity index (χ2v) is 5.55. The first kappa shape index (κ1) is 16.6. The fraction of sp³-hybridized carbons (Fsp3) is 0.333. The Morgan fingerprint density at radius 3 is 1.77 bits per heavy atom. The van der Waals surface area contributed by atoms with Gasteiger partial charge in [-0.15, -0.1) is 0 Å². The van der Waals surface area contributed by atoms with Crippen LogP contribution in [0.1, 0.15) is 17.2 Å². The van der Waals surface area contributed by atoms with Crippen LogP contribution >= 0.6 is 0 Å². The van der Waals surface area contributed by atoms with E-state index in [2.05, 4.69) is 5.32 Å². The highest BCUT2D eigenvalue weighted by Crippen LogP contribution is 2.21. The molecule has 22 heavy (non-hydrogen) atoms. The van der Waals surface area contributed by atoms with Crippen LogP contribution < -0.4 is 5.32 Å². The van der Waals surface area contributed by atoms with Crippen LogP contribution in [-0.4, -0.2) is 40.7 Å². The topological polar surface area (TPSA) is 72.7 Å². The number of aliphatic hydroxyl groups excluding tert-OH is 3. The van der Waals surface area contributed by atoms with E-state index in [0.717, 1.165) is 11.1 Å². The Labute approximate surface area is 131 Å². The summed E-state index contributed by atoms with van der Waals surface area (Å²) in [5, 5.41) is 31.9. The maximum Gasteiger partial charge on any atom is 0.0886 e. The van der Waals surface area contributed by atoms with Crippen molar-refractivity contribution in [1.82, 2.24) is 5.32 Å². The van der Waals surface area contributed by atoms with Crippen LogP contribution in [0.4, 0.5) is 0 Å². The Morgan fingerprint density at radius 2 is 1.27 bits per heavy atom. The third kappa shape index (κ3) is 4.15. The van der Waals surface area contributed by atoms with Crippen molar-refractivity contribution in [3.05, 3.63) is 71.8 Å². The summed E-state index contributed by atoms with van der Waals surface area (Å²) in [6.07, 6.45) is 0.701. The van der Waals surface area contributed by atoms with Gasteiger partial charge in [-0.3, -0.25) is 5.32 Å². The molecule has 0 aromatic heterocycles. The molecule has 118 valence electrons. The van der Waals surface area contributed by atoms with Crippen LogP contribution in [0.25, 0.3) is 0 Å². The van der Waals surface area contributed by atoms with E-state index in [0.29, 0.717) is 6.42 Å². The third-order valence-electron chi connectivity index (χ3n) is 3.87. The van der Waals surface area contributed by atoms with E-state index in [4.69, 9.17) is 0 Å². The van der Waals surface area contributed by atoms with Crippen molar-refractivity contribution in [3.63, 3.8) is 0 Å². The molecule has 0 heterocycles. The monoisotopic (exact) mass is 301 g/mol. The lowest BCUT2D eigenvalue weighted by molar-refractivity contribution is 0.0339. The first-order valence-electron chi connectivity index (χ1n) is 7.42. The molecule has 0 unspecified atom stereocenters. The molecule has 0 radical (unpaired) electrons. The molecule has 0 saturated heterocycles. The van der Waals surface area contributed by atoms with Gasteiger partial charge in [-0.05, 0) is 17.5 Å². The predicted molar refractivity (Wildman–Crippen MR) is 86.5 cm³/mol. The lowest BCUT2D eigenvalue weighted by Gasteiger charge is -2.34. The Balaban J connectivity index is 2.26. The van der Waals surface area contributed by atoms with Crippen LogP contribution in [0, 0.1) is 0 Å². The predicted octanol–water partition coefficient (Wildman–Crippen LogP) is 1.28. The first-order valence-corrected chi connectivity index (χ1v) is 7.42. The van der Waals surface area contributed by atoms with Gasteiger partial charge in [0, 0.05) is 6.04 Å². The summed E-state index contributed by atoms with van der Waals surface area (Å²) in [4.78, 5) is 0.